The fourth-order valence-electron chi connectivity index (χ4n) is 3.10. The van der Waals surface area contributed by atoms with Crippen molar-refractivity contribution in [3.05, 3.63) is 69.1 Å². The van der Waals surface area contributed by atoms with Crippen molar-refractivity contribution in [1.29, 1.82) is 0 Å². The highest BCUT2D eigenvalue weighted by molar-refractivity contribution is 6.31. The predicted molar refractivity (Wildman–Crippen MR) is 118 cm³/mol. The molecule has 0 aliphatic rings. The maximum atomic E-state index is 13.0. The highest BCUT2D eigenvalue weighted by Crippen LogP contribution is 2.20. The summed E-state index contributed by atoms with van der Waals surface area (Å²) in [6.45, 7) is 4.05. The van der Waals surface area contributed by atoms with Gasteiger partial charge in [-0.15, -0.1) is 0 Å². The number of nitrogens with one attached hydrogen (secondary N) is 2. The molecule has 0 saturated carbocycles. The van der Waals surface area contributed by atoms with E-state index in [0.29, 0.717) is 28.3 Å². The highest BCUT2D eigenvalue weighted by atomic mass is 35.5. The van der Waals surface area contributed by atoms with Gasteiger partial charge in [0.1, 0.15) is 12.2 Å². The van der Waals surface area contributed by atoms with Crippen LogP contribution in [0.25, 0.3) is 11.0 Å². The lowest BCUT2D eigenvalue weighted by atomic mass is 10.2. The van der Waals surface area contributed by atoms with E-state index in [1.165, 1.54) is 4.57 Å². The quantitative estimate of drug-likeness (QED) is 0.607. The summed E-state index contributed by atoms with van der Waals surface area (Å²) in [4.78, 5) is 41.8. The molecule has 0 unspecified atom stereocenters. The number of rotatable bonds is 7. The van der Waals surface area contributed by atoms with Gasteiger partial charge in [0.2, 0.25) is 11.8 Å². The molecule has 7 nitrogen and oxygen atoms in total. The predicted octanol–water partition coefficient (Wildman–Crippen LogP) is 3.07. The molecule has 1 heterocycles. The SMILES string of the molecule is CCNC(=O)CCc1nc2ccccc2n(CC(=O)Nc2ccc(C)c(Cl)c2)c1=O. The number of aryl methyl sites for hydroxylation is 2. The lowest BCUT2D eigenvalue weighted by Gasteiger charge is -2.13. The number of anilines is 1. The molecular formula is C22H23ClN4O3. The van der Waals surface area contributed by atoms with Gasteiger partial charge >= 0.3 is 0 Å². The number of hydrogen-bond acceptors (Lipinski definition) is 4. The van der Waals surface area contributed by atoms with Crippen LogP contribution in [-0.2, 0) is 22.6 Å². The zero-order chi connectivity index (χ0) is 21.7. The number of benzene rings is 2. The van der Waals surface area contributed by atoms with E-state index in [-0.39, 0.29) is 42.5 Å². The first-order valence-electron chi connectivity index (χ1n) is 9.70. The van der Waals surface area contributed by atoms with Crippen LogP contribution in [0.15, 0.2) is 47.3 Å². The highest BCUT2D eigenvalue weighted by Gasteiger charge is 2.15. The van der Waals surface area contributed by atoms with Crippen molar-refractivity contribution >= 4 is 40.1 Å². The van der Waals surface area contributed by atoms with Crippen LogP contribution >= 0.6 is 11.6 Å². The van der Waals surface area contributed by atoms with Crippen molar-refractivity contribution in [2.24, 2.45) is 0 Å². The Kier molecular flexibility index (Phi) is 6.84. The fraction of sp³-hybridized carbons (Fsp3) is 0.273. The Bertz CT molecular complexity index is 1160. The summed E-state index contributed by atoms with van der Waals surface area (Å²) >= 11 is 6.12. The lowest BCUT2D eigenvalue weighted by Crippen LogP contribution is -2.32. The van der Waals surface area contributed by atoms with Crippen LogP contribution in [0.1, 0.15) is 24.6 Å². The fourth-order valence-corrected chi connectivity index (χ4v) is 3.28. The first-order valence-corrected chi connectivity index (χ1v) is 10.1. The normalized spacial score (nSPS) is 10.8. The maximum Gasteiger partial charge on any atom is 0.273 e. The van der Waals surface area contributed by atoms with Crippen molar-refractivity contribution in [2.45, 2.75) is 33.2 Å². The second-order valence-corrected chi connectivity index (χ2v) is 7.31. The van der Waals surface area contributed by atoms with Crippen LogP contribution in [0.5, 0.6) is 0 Å². The molecule has 0 aliphatic heterocycles. The molecule has 8 heteroatoms. The minimum atomic E-state index is -0.380. The van der Waals surface area contributed by atoms with Gasteiger partial charge in [-0.25, -0.2) is 4.98 Å². The number of fused-ring (bicyclic) bond motifs is 1. The Hall–Kier alpha value is -3.19. The first-order chi connectivity index (χ1) is 14.4. The summed E-state index contributed by atoms with van der Waals surface area (Å²) in [5.41, 5.74) is 2.48. The van der Waals surface area contributed by atoms with Gasteiger partial charge in [0.15, 0.2) is 0 Å². The number of hydrogen-bond donors (Lipinski definition) is 2. The third kappa shape index (κ3) is 5.04. The Labute approximate surface area is 179 Å². The van der Waals surface area contributed by atoms with Gasteiger partial charge in [0.25, 0.3) is 5.56 Å². The Morgan fingerprint density at radius 1 is 1.13 bits per heavy atom. The van der Waals surface area contributed by atoms with Crippen LogP contribution < -0.4 is 16.2 Å². The van der Waals surface area contributed by atoms with Crippen molar-refractivity contribution in [1.82, 2.24) is 14.9 Å². The molecule has 2 N–H and O–H groups in total. The Morgan fingerprint density at radius 2 is 1.90 bits per heavy atom. The standard InChI is InChI=1S/C22H23ClN4O3/c1-3-24-20(28)11-10-18-22(30)27(19-7-5-4-6-17(19)26-18)13-21(29)25-15-9-8-14(2)16(23)12-15/h4-9,12H,3,10-11,13H2,1-2H3,(H,24,28)(H,25,29). The number of aromatic nitrogens is 2. The smallest absolute Gasteiger partial charge is 0.273 e. The minimum absolute atomic E-state index is 0.146. The topological polar surface area (TPSA) is 93.1 Å². The largest absolute Gasteiger partial charge is 0.356 e. The molecule has 0 aliphatic carbocycles. The second-order valence-electron chi connectivity index (χ2n) is 6.90. The molecule has 3 aromatic rings. The Balaban J connectivity index is 1.88. The van der Waals surface area contributed by atoms with Gasteiger partial charge in [-0.2, -0.15) is 0 Å². The number of carbonyl (C=O) groups is 2. The molecular weight excluding hydrogens is 404 g/mol. The van der Waals surface area contributed by atoms with Crippen molar-refractivity contribution < 1.29 is 9.59 Å². The monoisotopic (exact) mass is 426 g/mol. The van der Waals surface area contributed by atoms with Crippen molar-refractivity contribution in [3.8, 4) is 0 Å². The van der Waals surface area contributed by atoms with E-state index in [1.54, 1.807) is 30.3 Å². The van der Waals surface area contributed by atoms with Crippen molar-refractivity contribution in [3.63, 3.8) is 0 Å². The number of carbonyl (C=O) groups excluding carboxylic acids is 2. The third-order valence-electron chi connectivity index (χ3n) is 4.64. The van der Waals surface area contributed by atoms with E-state index >= 15 is 0 Å². The molecule has 0 spiro atoms. The summed E-state index contributed by atoms with van der Waals surface area (Å²) in [6.07, 6.45) is 0.354. The van der Waals surface area contributed by atoms with Crippen LogP contribution in [0.3, 0.4) is 0 Å². The van der Waals surface area contributed by atoms with Gasteiger partial charge in [0.05, 0.1) is 11.0 Å². The van der Waals surface area contributed by atoms with Crippen molar-refractivity contribution in [2.75, 3.05) is 11.9 Å². The molecule has 0 fully saturated rings. The summed E-state index contributed by atoms with van der Waals surface area (Å²) < 4.78 is 1.39. The molecule has 0 saturated heterocycles. The number of amides is 2. The summed E-state index contributed by atoms with van der Waals surface area (Å²) in [5.74, 6) is -0.504. The van der Waals surface area contributed by atoms with E-state index in [0.717, 1.165) is 5.56 Å². The van der Waals surface area contributed by atoms with Crippen LogP contribution in [0, 0.1) is 6.92 Å². The molecule has 2 aromatic carbocycles. The third-order valence-corrected chi connectivity index (χ3v) is 5.05. The zero-order valence-corrected chi connectivity index (χ0v) is 17.6. The van der Waals surface area contributed by atoms with Gasteiger partial charge in [0, 0.05) is 30.1 Å². The minimum Gasteiger partial charge on any atom is -0.356 e. The van der Waals surface area contributed by atoms with E-state index in [2.05, 4.69) is 15.6 Å². The van der Waals surface area contributed by atoms with Gasteiger partial charge in [-0.05, 0) is 43.7 Å². The summed E-state index contributed by atoms with van der Waals surface area (Å²) in [6, 6.07) is 12.3. The summed E-state index contributed by atoms with van der Waals surface area (Å²) in [5, 5.41) is 6.02. The Morgan fingerprint density at radius 3 is 2.63 bits per heavy atom. The molecule has 0 atom stereocenters. The molecule has 0 radical (unpaired) electrons. The molecule has 2 amide bonds. The van der Waals surface area contributed by atoms with Gasteiger partial charge < -0.3 is 10.6 Å². The molecule has 0 bridgehead atoms. The summed E-state index contributed by atoms with van der Waals surface area (Å²) in [7, 11) is 0. The lowest BCUT2D eigenvalue weighted by molar-refractivity contribution is -0.121. The average molecular weight is 427 g/mol. The number of para-hydroxylation sites is 2. The first kappa shape index (κ1) is 21.5. The second kappa shape index (κ2) is 9.54. The van der Waals surface area contributed by atoms with Gasteiger partial charge in [-0.3, -0.25) is 19.0 Å². The molecule has 156 valence electrons. The van der Waals surface area contributed by atoms with E-state index in [9.17, 15) is 14.4 Å². The maximum absolute atomic E-state index is 13.0. The number of nitrogens with zero attached hydrogens (tertiary/aromatic N) is 2. The molecule has 1 aromatic heterocycles. The average Bonchev–Trinajstić information content (AvgIpc) is 2.72. The van der Waals surface area contributed by atoms with Crippen LogP contribution in [0.4, 0.5) is 5.69 Å². The molecule has 3 rings (SSSR count). The van der Waals surface area contributed by atoms with Crippen LogP contribution in [-0.4, -0.2) is 27.9 Å². The van der Waals surface area contributed by atoms with Gasteiger partial charge in [-0.1, -0.05) is 29.8 Å². The van der Waals surface area contributed by atoms with Crippen LogP contribution in [0.2, 0.25) is 5.02 Å². The van der Waals surface area contributed by atoms with E-state index in [1.807, 2.05) is 26.0 Å². The zero-order valence-electron chi connectivity index (χ0n) is 16.9. The molecule has 30 heavy (non-hydrogen) atoms. The van der Waals surface area contributed by atoms with E-state index < -0.39 is 0 Å². The van der Waals surface area contributed by atoms with E-state index in [4.69, 9.17) is 11.6 Å². The number of halogens is 1.